The molecular weight excluding hydrogens is 388 g/mol. The fourth-order valence-electron chi connectivity index (χ4n) is 0.860. The number of thioether (sulfide) groups is 2. The van der Waals surface area contributed by atoms with Gasteiger partial charge in [-0.25, -0.2) is 9.00 Å². The summed E-state index contributed by atoms with van der Waals surface area (Å²) in [5.74, 6) is -0.309. The molecule has 0 saturated heterocycles. The number of nitrogens with two attached hydrogens (primary N) is 2. The molecule has 0 fully saturated rings. The number of hydrogen-bond acceptors (Lipinski definition) is 11. The van der Waals surface area contributed by atoms with Gasteiger partial charge in [0.15, 0.2) is 12.5 Å². The highest BCUT2D eigenvalue weighted by atomic mass is 32.2. The van der Waals surface area contributed by atoms with Gasteiger partial charge in [-0.15, -0.1) is 0 Å². The molecule has 0 aliphatic carbocycles. The Balaban J connectivity index is -0.000000324. The molecular formula is C10H21N2O7S4-. The van der Waals surface area contributed by atoms with Gasteiger partial charge in [-0.3, -0.25) is 4.79 Å². The van der Waals surface area contributed by atoms with E-state index >= 15 is 0 Å². The van der Waals surface area contributed by atoms with Crippen LogP contribution in [-0.4, -0.2) is 66.1 Å². The molecule has 138 valence electrons. The Bertz CT molecular complexity index is 349. The van der Waals surface area contributed by atoms with Crippen molar-refractivity contribution < 1.29 is 31.8 Å². The standard InChI is InChI=1S/C5H11NO4S2.C5H11NO2S.OS/c1-11-3-2-4(6)5(7)10-12(8)9;1-9-3-2-4(6)5(7)8;1-2/h4H,2-3,6H2,1H3,(H,8,9);4H,2-3,6H2,1H3,(H,7,8);/p-1/t2*4-;/m00./s1. The van der Waals surface area contributed by atoms with Crippen molar-refractivity contribution in [2.24, 2.45) is 11.5 Å². The van der Waals surface area contributed by atoms with Gasteiger partial charge in [0.25, 0.3) is 0 Å². The summed E-state index contributed by atoms with van der Waals surface area (Å²) in [6, 6.07) is -1.53. The van der Waals surface area contributed by atoms with E-state index in [1.807, 2.05) is 12.5 Å². The monoisotopic (exact) mass is 409 g/mol. The third-order valence-electron chi connectivity index (χ3n) is 2.04. The first-order valence-corrected chi connectivity index (χ1v) is 10.1. The minimum absolute atomic E-state index is 0.414. The lowest BCUT2D eigenvalue weighted by Crippen LogP contribution is -2.33. The molecule has 9 nitrogen and oxygen atoms in total. The molecule has 13 heteroatoms. The van der Waals surface area contributed by atoms with E-state index in [0.717, 1.165) is 5.75 Å². The van der Waals surface area contributed by atoms with Crippen molar-refractivity contribution in [3.63, 3.8) is 0 Å². The molecule has 0 aromatic rings. The van der Waals surface area contributed by atoms with Crippen LogP contribution in [0.5, 0.6) is 0 Å². The molecule has 0 amide bonds. The predicted octanol–water partition coefficient (Wildman–Crippen LogP) is -0.781. The number of aliphatic carboxylic acids is 1. The van der Waals surface area contributed by atoms with E-state index in [1.165, 1.54) is 11.8 Å². The first kappa shape index (κ1) is 27.5. The van der Waals surface area contributed by atoms with Crippen LogP contribution in [0.15, 0.2) is 0 Å². The molecule has 0 aliphatic rings. The molecule has 0 spiro atoms. The Morgan fingerprint density at radius 2 is 1.57 bits per heavy atom. The van der Waals surface area contributed by atoms with Crippen molar-refractivity contribution in [1.29, 1.82) is 0 Å². The SMILES string of the molecule is CSCC[C@H](N)C(=O)O.CSCC[C@H](N)C(=O)OS(=O)[O-].O=S. The predicted molar refractivity (Wildman–Crippen MR) is 92.7 cm³/mol. The minimum atomic E-state index is -2.81. The van der Waals surface area contributed by atoms with Crippen molar-refractivity contribution in [2.45, 2.75) is 24.9 Å². The van der Waals surface area contributed by atoms with Crippen LogP contribution in [0.2, 0.25) is 0 Å². The molecule has 3 atom stereocenters. The topological polar surface area (TPSA) is 173 Å². The maximum absolute atomic E-state index is 10.7. The highest BCUT2D eigenvalue weighted by Gasteiger charge is 2.14. The van der Waals surface area contributed by atoms with Gasteiger partial charge in [-0.05, 0) is 36.9 Å². The summed E-state index contributed by atoms with van der Waals surface area (Å²) in [7, 11) is 0. The Labute approximate surface area is 151 Å². The molecule has 0 aliphatic heterocycles. The molecule has 0 bridgehead atoms. The van der Waals surface area contributed by atoms with Gasteiger partial charge in [0.05, 0.1) is 0 Å². The molecule has 0 rings (SSSR count). The lowest BCUT2D eigenvalue weighted by molar-refractivity contribution is -0.138. The minimum Gasteiger partial charge on any atom is -0.740 e. The zero-order valence-electron chi connectivity index (χ0n) is 12.7. The quantitative estimate of drug-likeness (QED) is 0.406. The van der Waals surface area contributed by atoms with Crippen LogP contribution in [0.25, 0.3) is 0 Å². The molecule has 5 N–H and O–H groups in total. The van der Waals surface area contributed by atoms with Crippen molar-refractivity contribution in [1.82, 2.24) is 0 Å². The molecule has 0 aromatic heterocycles. The highest BCUT2D eigenvalue weighted by Crippen LogP contribution is 2.00. The smallest absolute Gasteiger partial charge is 0.336 e. The van der Waals surface area contributed by atoms with Gasteiger partial charge in [-0.1, -0.05) is 0 Å². The Morgan fingerprint density at radius 3 is 1.87 bits per heavy atom. The van der Waals surface area contributed by atoms with Crippen LogP contribution >= 0.6 is 23.5 Å². The van der Waals surface area contributed by atoms with Gasteiger partial charge >= 0.3 is 11.9 Å². The van der Waals surface area contributed by atoms with Crippen LogP contribution in [0.3, 0.4) is 0 Å². The summed E-state index contributed by atoms with van der Waals surface area (Å²) < 4.78 is 31.5. The Kier molecular flexibility index (Phi) is 23.6. The Hall–Kier alpha value is -0.310. The molecule has 0 radical (unpaired) electrons. The van der Waals surface area contributed by atoms with Crippen molar-refractivity contribution in [2.75, 3.05) is 24.0 Å². The first-order chi connectivity index (χ1) is 10.8. The summed E-state index contributed by atoms with van der Waals surface area (Å²) in [5, 5.41) is 8.27. The largest absolute Gasteiger partial charge is 0.740 e. The summed E-state index contributed by atoms with van der Waals surface area (Å²) in [4.78, 5) is 20.8. The van der Waals surface area contributed by atoms with Crippen molar-refractivity contribution in [3.05, 3.63) is 0 Å². The summed E-state index contributed by atoms with van der Waals surface area (Å²) in [6.07, 6.45) is 4.76. The van der Waals surface area contributed by atoms with Crippen LogP contribution in [0.1, 0.15) is 12.8 Å². The normalized spacial score (nSPS) is 13.3. The zero-order chi connectivity index (χ0) is 18.8. The summed E-state index contributed by atoms with van der Waals surface area (Å²) >= 11 is 3.15. The maximum atomic E-state index is 10.7. The van der Waals surface area contributed by atoms with Crippen LogP contribution < -0.4 is 11.5 Å². The van der Waals surface area contributed by atoms with Gasteiger partial charge in [0.1, 0.15) is 23.4 Å². The van der Waals surface area contributed by atoms with Crippen molar-refractivity contribution >= 4 is 59.4 Å². The number of carboxylic acid groups (broad SMARTS) is 1. The number of carbonyl (C=O) groups excluding carboxylic acids is 1. The van der Waals surface area contributed by atoms with E-state index in [9.17, 15) is 18.4 Å². The molecule has 0 aromatic carbocycles. The van der Waals surface area contributed by atoms with E-state index in [0.29, 0.717) is 18.6 Å². The van der Waals surface area contributed by atoms with Crippen LogP contribution in [0, 0.1) is 0 Å². The molecule has 1 unspecified atom stereocenters. The summed E-state index contributed by atoms with van der Waals surface area (Å²) in [5.41, 5.74) is 10.5. The lowest BCUT2D eigenvalue weighted by Gasteiger charge is -2.10. The van der Waals surface area contributed by atoms with Crippen molar-refractivity contribution in [3.8, 4) is 0 Å². The highest BCUT2D eigenvalue weighted by molar-refractivity contribution is 7.98. The second-order valence-electron chi connectivity index (χ2n) is 3.72. The number of hydrogen-bond donors (Lipinski definition) is 3. The second-order valence-corrected chi connectivity index (χ2v) is 6.27. The van der Waals surface area contributed by atoms with Gasteiger partial charge in [-0.2, -0.15) is 27.7 Å². The number of rotatable bonds is 9. The van der Waals surface area contributed by atoms with Gasteiger partial charge in [0, 0.05) is 0 Å². The first-order valence-electron chi connectivity index (χ1n) is 5.96. The Morgan fingerprint density at radius 1 is 1.17 bits per heavy atom. The maximum Gasteiger partial charge on any atom is 0.336 e. The van der Waals surface area contributed by atoms with E-state index < -0.39 is 35.4 Å². The zero-order valence-corrected chi connectivity index (χ0v) is 15.9. The van der Waals surface area contributed by atoms with Crippen LogP contribution in [-0.2, 0) is 37.7 Å². The fraction of sp³-hybridized carbons (Fsp3) is 0.800. The third kappa shape index (κ3) is 21.7. The lowest BCUT2D eigenvalue weighted by atomic mass is 10.2. The second kappa shape index (κ2) is 19.7. The van der Waals surface area contributed by atoms with E-state index in [-0.39, 0.29) is 0 Å². The molecule has 0 saturated carbocycles. The number of carboxylic acids is 1. The average Bonchev–Trinajstić information content (AvgIpc) is 2.51. The van der Waals surface area contributed by atoms with Gasteiger partial charge < -0.3 is 25.3 Å². The average molecular weight is 410 g/mol. The number of carbonyl (C=O) groups is 2. The van der Waals surface area contributed by atoms with Gasteiger partial charge in [0.2, 0.25) is 0 Å². The van der Waals surface area contributed by atoms with E-state index in [4.69, 9.17) is 20.8 Å². The van der Waals surface area contributed by atoms with Crippen LogP contribution in [0.4, 0.5) is 0 Å². The molecule has 23 heavy (non-hydrogen) atoms. The van der Waals surface area contributed by atoms with E-state index in [2.05, 4.69) is 16.7 Å². The summed E-state index contributed by atoms with van der Waals surface area (Å²) in [6.45, 7) is 0. The third-order valence-corrected chi connectivity index (χ3v) is 3.62. The fourth-order valence-corrected chi connectivity index (χ4v) is 2.10. The van der Waals surface area contributed by atoms with E-state index in [1.54, 1.807) is 11.8 Å². The molecule has 0 heterocycles.